The molecule has 0 aliphatic heterocycles. The van der Waals surface area contributed by atoms with Gasteiger partial charge in [0.1, 0.15) is 11.9 Å². The van der Waals surface area contributed by atoms with Gasteiger partial charge in [-0.25, -0.2) is 4.79 Å². The van der Waals surface area contributed by atoms with Crippen LogP contribution in [0.15, 0.2) is 24.3 Å². The normalized spacial score (nSPS) is 12.1. The topological polar surface area (TPSA) is 46.5 Å². The summed E-state index contributed by atoms with van der Waals surface area (Å²) in [6.45, 7) is 4.28. The van der Waals surface area contributed by atoms with Gasteiger partial charge >= 0.3 is 5.97 Å². The van der Waals surface area contributed by atoms with E-state index in [1.165, 1.54) is 50.7 Å². The fourth-order valence-electron chi connectivity index (χ4n) is 2.49. The van der Waals surface area contributed by atoms with E-state index in [0.29, 0.717) is 5.56 Å². The summed E-state index contributed by atoms with van der Waals surface area (Å²) in [5, 5.41) is 9.24. The molecule has 0 aliphatic carbocycles. The minimum atomic E-state index is -0.296. The third kappa shape index (κ3) is 7.48. The molecule has 1 aromatic carbocycles. The Hall–Kier alpha value is -1.51. The number of ether oxygens (including phenoxy) is 1. The first-order valence-corrected chi connectivity index (χ1v) is 8.67. The van der Waals surface area contributed by atoms with Crippen molar-refractivity contribution in [3.63, 3.8) is 0 Å². The Balaban J connectivity index is 2.23. The van der Waals surface area contributed by atoms with Crippen molar-refractivity contribution in [2.75, 3.05) is 0 Å². The van der Waals surface area contributed by atoms with Gasteiger partial charge in [0.25, 0.3) is 0 Å². The van der Waals surface area contributed by atoms with Crippen LogP contribution in [0.1, 0.15) is 82.0 Å². The molecule has 0 aliphatic rings. The van der Waals surface area contributed by atoms with Crippen molar-refractivity contribution >= 4 is 5.97 Å². The number of hydrogen-bond donors (Lipinski definition) is 1. The monoisotopic (exact) mass is 306 g/mol. The highest BCUT2D eigenvalue weighted by molar-refractivity contribution is 5.89. The van der Waals surface area contributed by atoms with Gasteiger partial charge < -0.3 is 9.84 Å². The van der Waals surface area contributed by atoms with Crippen molar-refractivity contribution in [1.82, 2.24) is 0 Å². The molecular weight excluding hydrogens is 276 g/mol. The lowest BCUT2D eigenvalue weighted by molar-refractivity contribution is 0.0267. The summed E-state index contributed by atoms with van der Waals surface area (Å²) < 4.78 is 5.55. The van der Waals surface area contributed by atoms with Crippen LogP contribution >= 0.6 is 0 Å². The fraction of sp³-hybridized carbons (Fsp3) is 0.632. The highest BCUT2D eigenvalue weighted by atomic mass is 16.5. The second-order valence-electron chi connectivity index (χ2n) is 5.89. The SMILES string of the molecule is CCCCCCCCCC(CC)OC(=O)c1ccc(O)cc1. The first-order valence-electron chi connectivity index (χ1n) is 8.67. The zero-order valence-electron chi connectivity index (χ0n) is 14.0. The summed E-state index contributed by atoms with van der Waals surface area (Å²) in [6, 6.07) is 6.21. The Morgan fingerprint density at radius 2 is 1.59 bits per heavy atom. The molecule has 1 N–H and O–H groups in total. The van der Waals surface area contributed by atoms with E-state index in [0.717, 1.165) is 19.3 Å². The molecule has 22 heavy (non-hydrogen) atoms. The molecule has 1 aromatic rings. The third-order valence-corrected chi connectivity index (χ3v) is 3.96. The van der Waals surface area contributed by atoms with Gasteiger partial charge in [0, 0.05) is 0 Å². The number of hydrogen-bond acceptors (Lipinski definition) is 3. The summed E-state index contributed by atoms with van der Waals surface area (Å²) in [5.41, 5.74) is 0.496. The third-order valence-electron chi connectivity index (χ3n) is 3.96. The Labute approximate surface area is 134 Å². The molecule has 1 rings (SSSR count). The molecular formula is C19H30O3. The largest absolute Gasteiger partial charge is 0.508 e. The van der Waals surface area contributed by atoms with Gasteiger partial charge in [-0.1, -0.05) is 52.4 Å². The summed E-state index contributed by atoms with van der Waals surface area (Å²) in [5.74, 6) is -0.138. The van der Waals surface area contributed by atoms with Gasteiger partial charge in [-0.15, -0.1) is 0 Å². The standard InChI is InChI=1S/C19H30O3/c1-3-5-6-7-8-9-10-11-18(4-2)22-19(21)16-12-14-17(20)15-13-16/h12-15,18,20H,3-11H2,1-2H3. The second kappa shape index (κ2) is 11.1. The molecule has 0 aromatic heterocycles. The number of carbonyl (C=O) groups is 1. The number of unbranched alkanes of at least 4 members (excludes halogenated alkanes) is 6. The minimum absolute atomic E-state index is 0.00283. The van der Waals surface area contributed by atoms with Crippen molar-refractivity contribution in [3.8, 4) is 5.75 Å². The lowest BCUT2D eigenvalue weighted by Gasteiger charge is -2.16. The molecule has 3 nitrogen and oxygen atoms in total. The van der Waals surface area contributed by atoms with E-state index in [-0.39, 0.29) is 17.8 Å². The van der Waals surface area contributed by atoms with Gasteiger partial charge in [0.2, 0.25) is 0 Å². The van der Waals surface area contributed by atoms with E-state index in [1.807, 2.05) is 0 Å². The summed E-state index contributed by atoms with van der Waals surface area (Å²) in [7, 11) is 0. The van der Waals surface area contributed by atoms with E-state index < -0.39 is 0 Å². The molecule has 0 amide bonds. The maximum absolute atomic E-state index is 12.0. The average Bonchev–Trinajstić information content (AvgIpc) is 2.53. The summed E-state index contributed by atoms with van der Waals surface area (Å²) in [6.07, 6.45) is 10.7. The molecule has 0 saturated heterocycles. The van der Waals surface area contributed by atoms with Crippen LogP contribution < -0.4 is 0 Å². The zero-order chi connectivity index (χ0) is 16.2. The van der Waals surface area contributed by atoms with E-state index in [4.69, 9.17) is 4.74 Å². The number of rotatable bonds is 11. The summed E-state index contributed by atoms with van der Waals surface area (Å²) in [4.78, 5) is 12.0. The zero-order valence-corrected chi connectivity index (χ0v) is 14.0. The van der Waals surface area contributed by atoms with Crippen LogP contribution in [0.3, 0.4) is 0 Å². The molecule has 0 saturated carbocycles. The smallest absolute Gasteiger partial charge is 0.338 e. The van der Waals surface area contributed by atoms with Crippen LogP contribution in [0.2, 0.25) is 0 Å². The van der Waals surface area contributed by atoms with Gasteiger partial charge in [-0.05, 0) is 43.5 Å². The molecule has 0 spiro atoms. The maximum Gasteiger partial charge on any atom is 0.338 e. The summed E-state index contributed by atoms with van der Waals surface area (Å²) >= 11 is 0. The first-order chi connectivity index (χ1) is 10.7. The Morgan fingerprint density at radius 1 is 1.00 bits per heavy atom. The number of esters is 1. The minimum Gasteiger partial charge on any atom is -0.508 e. The van der Waals surface area contributed by atoms with Crippen molar-refractivity contribution in [1.29, 1.82) is 0 Å². The fourth-order valence-corrected chi connectivity index (χ4v) is 2.49. The quantitative estimate of drug-likeness (QED) is 0.435. The van der Waals surface area contributed by atoms with E-state index in [2.05, 4.69) is 13.8 Å². The predicted octanol–water partition coefficient (Wildman–Crippen LogP) is 5.47. The van der Waals surface area contributed by atoms with Crippen LogP contribution in [0, 0.1) is 0 Å². The number of benzene rings is 1. The Bertz CT molecular complexity index is 411. The van der Waals surface area contributed by atoms with Gasteiger partial charge in [0.05, 0.1) is 5.56 Å². The van der Waals surface area contributed by atoms with Gasteiger partial charge in [-0.2, -0.15) is 0 Å². The number of aromatic hydroxyl groups is 1. The number of phenolic OH excluding ortho intramolecular Hbond substituents is 1. The van der Waals surface area contributed by atoms with Crippen LogP contribution in [0.4, 0.5) is 0 Å². The van der Waals surface area contributed by atoms with Crippen LogP contribution in [-0.2, 0) is 4.74 Å². The lowest BCUT2D eigenvalue weighted by atomic mass is 10.1. The predicted molar refractivity (Wildman–Crippen MR) is 90.2 cm³/mol. The van der Waals surface area contributed by atoms with Crippen molar-refractivity contribution in [2.24, 2.45) is 0 Å². The Morgan fingerprint density at radius 3 is 2.18 bits per heavy atom. The second-order valence-corrected chi connectivity index (χ2v) is 5.89. The lowest BCUT2D eigenvalue weighted by Crippen LogP contribution is -2.17. The van der Waals surface area contributed by atoms with Gasteiger partial charge in [0.15, 0.2) is 0 Å². The van der Waals surface area contributed by atoms with Crippen molar-refractivity contribution < 1.29 is 14.6 Å². The molecule has 1 unspecified atom stereocenters. The molecule has 124 valence electrons. The number of phenols is 1. The molecule has 0 heterocycles. The van der Waals surface area contributed by atoms with Crippen LogP contribution in [0.5, 0.6) is 5.75 Å². The average molecular weight is 306 g/mol. The van der Waals surface area contributed by atoms with Crippen molar-refractivity contribution in [3.05, 3.63) is 29.8 Å². The molecule has 3 heteroatoms. The number of carbonyl (C=O) groups excluding carboxylic acids is 1. The maximum atomic E-state index is 12.0. The van der Waals surface area contributed by atoms with Crippen molar-refractivity contribution in [2.45, 2.75) is 77.7 Å². The van der Waals surface area contributed by atoms with E-state index >= 15 is 0 Å². The highest BCUT2D eigenvalue weighted by Gasteiger charge is 2.14. The van der Waals surface area contributed by atoms with E-state index in [9.17, 15) is 9.90 Å². The molecule has 0 radical (unpaired) electrons. The van der Waals surface area contributed by atoms with E-state index in [1.54, 1.807) is 12.1 Å². The molecule has 0 fully saturated rings. The van der Waals surface area contributed by atoms with Gasteiger partial charge in [-0.3, -0.25) is 0 Å². The Kier molecular flexibility index (Phi) is 9.36. The van der Waals surface area contributed by atoms with Crippen LogP contribution in [-0.4, -0.2) is 17.2 Å². The van der Waals surface area contributed by atoms with Crippen LogP contribution in [0.25, 0.3) is 0 Å². The first kappa shape index (κ1) is 18.5. The molecule has 1 atom stereocenters. The highest BCUT2D eigenvalue weighted by Crippen LogP contribution is 2.16. The molecule has 0 bridgehead atoms.